The maximum atomic E-state index is 14.0. The Morgan fingerprint density at radius 1 is 1.34 bits per heavy atom. The third-order valence-corrected chi connectivity index (χ3v) is 4.06. The zero-order valence-corrected chi connectivity index (χ0v) is 20.0. The van der Waals surface area contributed by atoms with Crippen LogP contribution in [0.3, 0.4) is 0 Å². The summed E-state index contributed by atoms with van der Waals surface area (Å²) in [5, 5.41) is 5.73. The maximum Gasteiger partial charge on any atom is 1.00 e. The summed E-state index contributed by atoms with van der Waals surface area (Å²) in [6.45, 7) is 5.60. The number of hydrogen-bond donors (Lipinski definition) is 2. The van der Waals surface area contributed by atoms with E-state index < -0.39 is 5.82 Å². The van der Waals surface area contributed by atoms with Gasteiger partial charge in [0.15, 0.2) is 0 Å². The average Bonchev–Trinajstić information content (AvgIpc) is 2.62. The molecule has 1 unspecified atom stereocenters. The Morgan fingerprint density at radius 3 is 2.79 bits per heavy atom. The molecule has 0 spiro atoms. The number of anilines is 1. The Labute approximate surface area is 212 Å². The number of benzene rings is 1. The molecule has 1 aromatic carbocycles. The molecule has 0 radical (unpaired) electrons. The van der Waals surface area contributed by atoms with Gasteiger partial charge in [0.25, 0.3) is 5.91 Å². The van der Waals surface area contributed by atoms with Gasteiger partial charge in [0.05, 0.1) is 24.0 Å². The quantitative estimate of drug-likeness (QED) is 0.302. The Balaban J connectivity index is 0.00000300. The molecule has 0 aliphatic carbocycles. The molecule has 3 rings (SSSR count). The van der Waals surface area contributed by atoms with Crippen LogP contribution in [0.5, 0.6) is 0 Å². The van der Waals surface area contributed by atoms with Crippen molar-refractivity contribution in [3.63, 3.8) is 0 Å². The van der Waals surface area contributed by atoms with Crippen molar-refractivity contribution in [1.29, 1.82) is 0 Å². The normalized spacial score (nSPS) is 15.0. The molecule has 1 aromatic heterocycles. The number of rotatable bonds is 6. The first kappa shape index (κ1) is 23.4. The van der Waals surface area contributed by atoms with Gasteiger partial charge in [0.1, 0.15) is 12.9 Å². The minimum absolute atomic E-state index is 0. The van der Waals surface area contributed by atoms with Gasteiger partial charge in [-0.2, -0.15) is 0 Å². The molecule has 2 N–H and O–H groups in total. The van der Waals surface area contributed by atoms with Crippen molar-refractivity contribution in [2.75, 3.05) is 12.4 Å². The van der Waals surface area contributed by atoms with Crippen molar-refractivity contribution in [3.05, 3.63) is 78.1 Å². The number of carbonyl (C=O) groups excluding carboxylic acids is 1. The molecule has 0 bridgehead atoms. The molecule has 1 aliphatic heterocycles. The molecule has 0 saturated heterocycles. The summed E-state index contributed by atoms with van der Waals surface area (Å²) in [6.07, 6.45) is 9.42. The fraction of sp³-hybridized carbons (Fsp3) is 0.190. The molecule has 2 heterocycles. The summed E-state index contributed by atoms with van der Waals surface area (Å²) in [5.74, 6) is -0.775. The molecule has 29 heavy (non-hydrogen) atoms. The first-order chi connectivity index (χ1) is 13.4. The number of nitrogens with one attached hydrogen (secondary N) is 2. The first-order valence-corrected chi connectivity index (χ1v) is 8.76. The van der Waals surface area contributed by atoms with Crippen LogP contribution in [0, 0.1) is 25.5 Å². The van der Waals surface area contributed by atoms with Crippen molar-refractivity contribution >= 4 is 23.5 Å². The van der Waals surface area contributed by atoms with Gasteiger partial charge >= 0.3 is 51.4 Å². The summed E-state index contributed by atoms with van der Waals surface area (Å²) in [7, 11) is 1.92. The van der Waals surface area contributed by atoms with Crippen LogP contribution < -0.4 is 62.0 Å². The number of aromatic nitrogens is 1. The number of carbonyl (C=O) groups is 1. The molecule has 1 atom stereocenters. The molecular formula is C21H21FKN5O. The van der Waals surface area contributed by atoms with E-state index in [1.165, 1.54) is 24.5 Å². The average molecular weight is 418 g/mol. The van der Waals surface area contributed by atoms with Crippen molar-refractivity contribution in [1.82, 2.24) is 10.3 Å². The van der Waals surface area contributed by atoms with Crippen LogP contribution in [-0.2, 0) is 0 Å². The predicted octanol–water partition coefficient (Wildman–Crippen LogP) is 0.0399. The van der Waals surface area contributed by atoms with Crippen molar-refractivity contribution in [2.24, 2.45) is 4.99 Å². The van der Waals surface area contributed by atoms with Gasteiger partial charge < -0.3 is 26.4 Å². The third-order valence-electron chi connectivity index (χ3n) is 4.06. The van der Waals surface area contributed by atoms with Crippen LogP contribution >= 0.6 is 0 Å². The number of aliphatic imine (C=N–C) groups is 1. The molecule has 0 saturated carbocycles. The summed E-state index contributed by atoms with van der Waals surface area (Å²) in [5.41, 5.74) is 3.20. The van der Waals surface area contributed by atoms with Gasteiger partial charge in [0.2, 0.25) is 0 Å². The van der Waals surface area contributed by atoms with Gasteiger partial charge in [0, 0.05) is 24.1 Å². The fourth-order valence-electron chi connectivity index (χ4n) is 2.64. The van der Waals surface area contributed by atoms with Crippen molar-refractivity contribution in [2.45, 2.75) is 19.9 Å². The zero-order valence-electron chi connectivity index (χ0n) is 16.9. The standard InChI is InChI=1S/C21H21FN5O.K/c1-14-6-17(11-23-10-14)21(28)26-19-8-16(7-18(22)9-19)15(2)24-4-5-25-20-12-27(3)13-20;/h5-13,15,24H,1-3H3,(H,26,28);/q-1;+1. The topological polar surface area (TPSA) is 69.4 Å². The molecule has 1 aliphatic rings. The fourth-order valence-corrected chi connectivity index (χ4v) is 2.64. The molecule has 1 amide bonds. The molecule has 6 nitrogen and oxygen atoms in total. The number of aryl methyl sites for hydroxylation is 1. The van der Waals surface area contributed by atoms with Crippen LogP contribution in [0.25, 0.3) is 0 Å². The largest absolute Gasteiger partial charge is 1.00 e. The van der Waals surface area contributed by atoms with E-state index in [1.54, 1.807) is 18.3 Å². The molecule has 144 valence electrons. The Bertz CT molecular complexity index is 987. The molecule has 0 fully saturated rings. The summed E-state index contributed by atoms with van der Waals surface area (Å²) < 4.78 is 15.9. The molecule has 2 aromatic rings. The Kier molecular flexibility index (Phi) is 8.72. The van der Waals surface area contributed by atoms with E-state index in [4.69, 9.17) is 0 Å². The van der Waals surface area contributed by atoms with E-state index in [0.717, 1.165) is 11.3 Å². The van der Waals surface area contributed by atoms with Crippen molar-refractivity contribution < 1.29 is 65.1 Å². The summed E-state index contributed by atoms with van der Waals surface area (Å²) in [6, 6.07) is 5.92. The van der Waals surface area contributed by atoms with Gasteiger partial charge in [-0.1, -0.05) is 0 Å². The second kappa shape index (κ2) is 10.8. The number of halogens is 1. The molecule has 8 heteroatoms. The van der Waals surface area contributed by atoms with Gasteiger partial charge in [-0.15, -0.1) is 6.20 Å². The predicted molar refractivity (Wildman–Crippen MR) is 107 cm³/mol. The summed E-state index contributed by atoms with van der Waals surface area (Å²) in [4.78, 5) is 20.6. The first-order valence-electron chi connectivity index (χ1n) is 8.76. The number of nitrogens with zero attached hydrogens (tertiary/aromatic N) is 3. The van der Waals surface area contributed by atoms with E-state index in [1.807, 2.05) is 38.2 Å². The van der Waals surface area contributed by atoms with Gasteiger partial charge in [-0.25, -0.2) is 4.39 Å². The monoisotopic (exact) mass is 417 g/mol. The second-order valence-electron chi connectivity index (χ2n) is 6.60. The number of pyridine rings is 1. The van der Waals surface area contributed by atoms with Gasteiger partial charge in [-0.3, -0.25) is 9.78 Å². The number of amides is 1. The van der Waals surface area contributed by atoms with E-state index in [2.05, 4.69) is 26.8 Å². The summed E-state index contributed by atoms with van der Waals surface area (Å²) >= 11 is 0. The second-order valence-corrected chi connectivity index (χ2v) is 6.60. The van der Waals surface area contributed by atoms with Crippen LogP contribution in [0.15, 0.2) is 47.9 Å². The van der Waals surface area contributed by atoms with Gasteiger partial charge in [-0.05, 0) is 49.2 Å². The Morgan fingerprint density at radius 2 is 2.10 bits per heavy atom. The Hall–Kier alpha value is -1.84. The van der Waals surface area contributed by atoms with Crippen LogP contribution in [0.2, 0.25) is 0 Å². The SMILES string of the molecule is Cc1cncc(C(=O)Nc2cc(F)cc(C(C)N[C-]=CN=C3C=[N+](C)[CH-]3)c2)c1.[K+]. The molecular weight excluding hydrogens is 396 g/mol. The van der Waals surface area contributed by atoms with Crippen LogP contribution in [0.1, 0.15) is 34.5 Å². The van der Waals surface area contributed by atoms with E-state index in [-0.39, 0.29) is 63.3 Å². The third kappa shape index (κ3) is 6.86. The van der Waals surface area contributed by atoms with E-state index in [0.29, 0.717) is 16.8 Å². The maximum absolute atomic E-state index is 14.0. The minimum atomic E-state index is -0.435. The minimum Gasteiger partial charge on any atom is -0.560 e. The van der Waals surface area contributed by atoms with E-state index >= 15 is 0 Å². The van der Waals surface area contributed by atoms with Crippen LogP contribution in [-0.4, -0.2) is 34.4 Å². The van der Waals surface area contributed by atoms with E-state index in [9.17, 15) is 9.18 Å². The van der Waals surface area contributed by atoms with Crippen LogP contribution in [0.4, 0.5) is 10.1 Å². The smallest absolute Gasteiger partial charge is 0.560 e. The van der Waals surface area contributed by atoms with Crippen molar-refractivity contribution in [3.8, 4) is 0 Å². The number of hydrogen-bond acceptors (Lipinski definition) is 4. The zero-order chi connectivity index (χ0) is 20.1.